The molecule has 3 aromatic carbocycles. The maximum atomic E-state index is 13.4. The van der Waals surface area contributed by atoms with Crippen molar-refractivity contribution in [3.63, 3.8) is 0 Å². The Morgan fingerprint density at radius 3 is 2.50 bits per heavy atom. The molecule has 4 aromatic rings. The van der Waals surface area contributed by atoms with Gasteiger partial charge in [0.25, 0.3) is 0 Å². The fraction of sp³-hybridized carbons (Fsp3) is 0.214. The van der Waals surface area contributed by atoms with E-state index in [1.807, 2.05) is 24.3 Å². The highest BCUT2D eigenvalue weighted by atomic mass is 79.9. The fourth-order valence-electron chi connectivity index (χ4n) is 4.07. The Hall–Kier alpha value is -3.47. The SMILES string of the molecule is Fc1ccc(Nc2nc(NN=Cc3cc(Br)ccc3OCc3ccc(Cl)cc3Cl)nc(N3CCCCC3)n2)cc1. The molecule has 1 saturated heterocycles. The zero-order chi connectivity index (χ0) is 27.9. The summed E-state index contributed by atoms with van der Waals surface area (Å²) in [4.78, 5) is 15.8. The first kappa shape index (κ1) is 28.1. The van der Waals surface area contributed by atoms with E-state index in [2.05, 4.69) is 51.6 Å². The topological polar surface area (TPSA) is 87.6 Å². The van der Waals surface area contributed by atoms with Gasteiger partial charge in [0.05, 0.1) is 6.21 Å². The van der Waals surface area contributed by atoms with Gasteiger partial charge < -0.3 is 15.0 Å². The smallest absolute Gasteiger partial charge is 0.250 e. The number of piperidine rings is 1. The molecule has 1 fully saturated rings. The lowest BCUT2D eigenvalue weighted by Crippen LogP contribution is -2.31. The van der Waals surface area contributed by atoms with Gasteiger partial charge in [0.1, 0.15) is 18.2 Å². The summed E-state index contributed by atoms with van der Waals surface area (Å²) in [7, 11) is 0. The van der Waals surface area contributed by atoms with Crippen LogP contribution in [-0.2, 0) is 6.61 Å². The number of benzene rings is 3. The van der Waals surface area contributed by atoms with Gasteiger partial charge in [0.2, 0.25) is 17.8 Å². The van der Waals surface area contributed by atoms with Gasteiger partial charge in [-0.3, -0.25) is 0 Å². The Morgan fingerprint density at radius 1 is 0.950 bits per heavy atom. The lowest BCUT2D eigenvalue weighted by molar-refractivity contribution is 0.306. The van der Waals surface area contributed by atoms with E-state index >= 15 is 0 Å². The van der Waals surface area contributed by atoms with Gasteiger partial charge in [0.15, 0.2) is 0 Å². The highest BCUT2D eigenvalue weighted by Crippen LogP contribution is 2.26. The summed E-state index contributed by atoms with van der Waals surface area (Å²) in [6.07, 6.45) is 4.94. The van der Waals surface area contributed by atoms with E-state index in [9.17, 15) is 4.39 Å². The molecule has 1 aliphatic heterocycles. The lowest BCUT2D eigenvalue weighted by Gasteiger charge is -2.26. The number of halogens is 4. The summed E-state index contributed by atoms with van der Waals surface area (Å²) < 4.78 is 20.3. The van der Waals surface area contributed by atoms with Crippen LogP contribution in [0.4, 0.5) is 27.9 Å². The number of rotatable bonds is 9. The van der Waals surface area contributed by atoms with E-state index in [0.29, 0.717) is 33.4 Å². The molecule has 2 N–H and O–H groups in total. The predicted octanol–water partition coefficient (Wildman–Crippen LogP) is 7.84. The maximum absolute atomic E-state index is 13.4. The maximum Gasteiger partial charge on any atom is 0.250 e. The molecule has 5 rings (SSSR count). The van der Waals surface area contributed by atoms with Crippen molar-refractivity contribution in [2.45, 2.75) is 25.9 Å². The minimum absolute atomic E-state index is 0.261. The van der Waals surface area contributed by atoms with Gasteiger partial charge in [-0.05, 0) is 73.9 Å². The van der Waals surface area contributed by atoms with E-state index in [-0.39, 0.29) is 18.4 Å². The number of ether oxygens (including phenoxy) is 1. The molecule has 1 aromatic heterocycles. The van der Waals surface area contributed by atoms with Gasteiger partial charge in [-0.2, -0.15) is 20.1 Å². The Bertz CT molecular complexity index is 1500. The van der Waals surface area contributed by atoms with Crippen LogP contribution >= 0.6 is 39.1 Å². The van der Waals surface area contributed by atoms with Crippen LogP contribution in [0.3, 0.4) is 0 Å². The van der Waals surface area contributed by atoms with Gasteiger partial charge >= 0.3 is 0 Å². The normalized spacial score (nSPS) is 13.4. The molecule has 0 radical (unpaired) electrons. The van der Waals surface area contributed by atoms with Crippen LogP contribution in [0.1, 0.15) is 30.4 Å². The van der Waals surface area contributed by atoms with Crippen LogP contribution in [0.25, 0.3) is 0 Å². The number of nitrogens with one attached hydrogen (secondary N) is 2. The van der Waals surface area contributed by atoms with E-state index < -0.39 is 0 Å². The molecule has 8 nitrogen and oxygen atoms in total. The molecule has 0 saturated carbocycles. The third-order valence-corrected chi connectivity index (χ3v) is 7.18. The van der Waals surface area contributed by atoms with E-state index in [1.165, 1.54) is 18.6 Å². The molecule has 2 heterocycles. The Balaban J connectivity index is 1.35. The number of nitrogens with zero attached hydrogens (tertiary/aromatic N) is 5. The Morgan fingerprint density at radius 2 is 1.73 bits per heavy atom. The quantitative estimate of drug-likeness (QED) is 0.142. The van der Waals surface area contributed by atoms with Crippen LogP contribution < -0.4 is 20.4 Å². The van der Waals surface area contributed by atoms with Crippen molar-refractivity contribution in [2.75, 3.05) is 28.7 Å². The number of aromatic nitrogens is 3. The summed E-state index contributed by atoms with van der Waals surface area (Å²) in [6.45, 7) is 1.98. The lowest BCUT2D eigenvalue weighted by atomic mass is 10.1. The molecule has 0 bridgehead atoms. The largest absolute Gasteiger partial charge is 0.488 e. The van der Waals surface area contributed by atoms with Gasteiger partial charge in [-0.15, -0.1) is 0 Å². The van der Waals surface area contributed by atoms with Gasteiger partial charge in [-0.25, -0.2) is 9.82 Å². The second-order valence-electron chi connectivity index (χ2n) is 9.04. The van der Waals surface area contributed by atoms with E-state index in [0.717, 1.165) is 41.5 Å². The molecular formula is C28H25BrCl2FN7O. The Kier molecular flexibility index (Phi) is 9.30. The number of hydrazone groups is 1. The molecule has 12 heteroatoms. The predicted molar refractivity (Wildman–Crippen MR) is 162 cm³/mol. The average Bonchev–Trinajstić information content (AvgIpc) is 2.95. The average molecular weight is 645 g/mol. The molecule has 40 heavy (non-hydrogen) atoms. The monoisotopic (exact) mass is 643 g/mol. The molecule has 0 amide bonds. The molecule has 0 atom stereocenters. The third kappa shape index (κ3) is 7.59. The third-order valence-electron chi connectivity index (χ3n) is 6.10. The molecule has 0 aliphatic carbocycles. The summed E-state index contributed by atoms with van der Waals surface area (Å²) in [5.74, 6) is 1.43. The molecule has 1 aliphatic rings. The van der Waals surface area contributed by atoms with Crippen molar-refractivity contribution in [3.05, 3.63) is 92.1 Å². The molecule has 206 valence electrons. The zero-order valence-corrected chi connectivity index (χ0v) is 24.3. The van der Waals surface area contributed by atoms with Gasteiger partial charge in [0, 0.05) is 44.4 Å². The van der Waals surface area contributed by atoms with Crippen molar-refractivity contribution in [1.29, 1.82) is 0 Å². The van der Waals surface area contributed by atoms with Crippen LogP contribution in [0.15, 0.2) is 70.2 Å². The van der Waals surface area contributed by atoms with Crippen molar-refractivity contribution in [2.24, 2.45) is 5.10 Å². The molecule has 0 spiro atoms. The minimum Gasteiger partial charge on any atom is -0.488 e. The second-order valence-corrected chi connectivity index (χ2v) is 10.8. The van der Waals surface area contributed by atoms with Crippen LogP contribution in [0.2, 0.25) is 10.0 Å². The fourth-order valence-corrected chi connectivity index (χ4v) is 4.92. The molecular weight excluding hydrogens is 620 g/mol. The minimum atomic E-state index is -0.320. The Labute approximate surface area is 249 Å². The second kappa shape index (κ2) is 13.3. The first-order chi connectivity index (χ1) is 19.4. The molecule has 0 unspecified atom stereocenters. The standard InChI is InChI=1S/C28H25BrCl2FN7O/c29-20-5-11-25(40-17-18-4-6-21(30)15-24(18)31)19(14-20)16-33-38-27-35-26(34-23-9-7-22(32)8-10-23)36-28(37-27)39-12-2-1-3-13-39/h4-11,14-16H,1-3,12-13,17H2,(H2,34,35,36,37,38). The van der Waals surface area contributed by atoms with Crippen LogP contribution in [-0.4, -0.2) is 34.3 Å². The zero-order valence-electron chi connectivity index (χ0n) is 21.2. The number of anilines is 4. The van der Waals surface area contributed by atoms with Crippen molar-refractivity contribution in [1.82, 2.24) is 15.0 Å². The van der Waals surface area contributed by atoms with Crippen LogP contribution in [0.5, 0.6) is 5.75 Å². The van der Waals surface area contributed by atoms with E-state index in [4.69, 9.17) is 27.9 Å². The van der Waals surface area contributed by atoms with Crippen LogP contribution in [0, 0.1) is 5.82 Å². The van der Waals surface area contributed by atoms with Crippen molar-refractivity contribution >= 4 is 68.9 Å². The summed E-state index contributed by atoms with van der Waals surface area (Å²) in [5, 5.41) is 8.60. The van der Waals surface area contributed by atoms with Crippen molar-refractivity contribution < 1.29 is 9.13 Å². The van der Waals surface area contributed by atoms with E-state index in [1.54, 1.807) is 30.5 Å². The van der Waals surface area contributed by atoms with Gasteiger partial charge in [-0.1, -0.05) is 45.2 Å². The highest BCUT2D eigenvalue weighted by Gasteiger charge is 2.16. The number of hydrogen-bond donors (Lipinski definition) is 2. The first-order valence-corrected chi connectivity index (χ1v) is 14.2. The summed E-state index contributed by atoms with van der Waals surface area (Å²) >= 11 is 15.8. The van der Waals surface area contributed by atoms with Crippen molar-refractivity contribution in [3.8, 4) is 5.75 Å². The summed E-state index contributed by atoms with van der Waals surface area (Å²) in [5.41, 5.74) is 5.11. The highest BCUT2D eigenvalue weighted by molar-refractivity contribution is 9.10. The summed E-state index contributed by atoms with van der Waals surface area (Å²) in [6, 6.07) is 16.9. The number of hydrogen-bond acceptors (Lipinski definition) is 8. The first-order valence-electron chi connectivity index (χ1n) is 12.6.